The molecule has 2 heterocycles. The summed E-state index contributed by atoms with van der Waals surface area (Å²) in [5.41, 5.74) is 1.20. The first-order valence-corrected chi connectivity index (χ1v) is 4.58. The molecule has 0 radical (unpaired) electrons. The standard InChI is InChI=1S/C11H7N5/c1-8-2-3-9(6-12)11(15-8)16-5-4-14-10(16)7-13/h2-5H,1H3. The Hall–Kier alpha value is -2.66. The van der Waals surface area contributed by atoms with Gasteiger partial charge in [-0.3, -0.25) is 4.57 Å². The van der Waals surface area contributed by atoms with Crippen molar-refractivity contribution in [3.8, 4) is 18.0 Å². The fourth-order valence-electron chi connectivity index (χ4n) is 1.37. The molecule has 0 aliphatic carbocycles. The number of hydrogen-bond donors (Lipinski definition) is 0. The van der Waals surface area contributed by atoms with Crippen molar-refractivity contribution in [1.82, 2.24) is 14.5 Å². The van der Waals surface area contributed by atoms with Crippen LogP contribution in [-0.2, 0) is 0 Å². The number of imidazole rings is 1. The van der Waals surface area contributed by atoms with Gasteiger partial charge in [-0.25, -0.2) is 9.97 Å². The van der Waals surface area contributed by atoms with Crippen LogP contribution in [0.5, 0.6) is 0 Å². The highest BCUT2D eigenvalue weighted by Crippen LogP contribution is 2.13. The van der Waals surface area contributed by atoms with E-state index in [4.69, 9.17) is 10.5 Å². The van der Waals surface area contributed by atoms with E-state index >= 15 is 0 Å². The Morgan fingerprint density at radius 2 is 2.06 bits per heavy atom. The molecule has 5 nitrogen and oxygen atoms in total. The molecule has 0 unspecified atom stereocenters. The van der Waals surface area contributed by atoms with E-state index in [2.05, 4.69) is 9.97 Å². The van der Waals surface area contributed by atoms with E-state index in [1.54, 1.807) is 18.3 Å². The van der Waals surface area contributed by atoms with Gasteiger partial charge in [-0.2, -0.15) is 10.5 Å². The van der Waals surface area contributed by atoms with Gasteiger partial charge < -0.3 is 0 Å². The Labute approximate surface area is 92.2 Å². The first-order chi connectivity index (χ1) is 7.76. The molecule has 16 heavy (non-hydrogen) atoms. The minimum atomic E-state index is 0.217. The minimum absolute atomic E-state index is 0.217. The Morgan fingerprint density at radius 1 is 1.25 bits per heavy atom. The van der Waals surface area contributed by atoms with Crippen LogP contribution in [0, 0.1) is 29.6 Å². The molecular formula is C11H7N5. The molecule has 0 amide bonds. The van der Waals surface area contributed by atoms with Gasteiger partial charge in [0, 0.05) is 18.1 Å². The number of nitriles is 2. The van der Waals surface area contributed by atoms with Gasteiger partial charge in [0.25, 0.3) is 0 Å². The van der Waals surface area contributed by atoms with E-state index in [-0.39, 0.29) is 5.82 Å². The van der Waals surface area contributed by atoms with Crippen LogP contribution in [0.2, 0.25) is 0 Å². The van der Waals surface area contributed by atoms with Crippen LogP contribution in [0.1, 0.15) is 17.1 Å². The molecule has 0 bridgehead atoms. The van der Waals surface area contributed by atoms with Crippen LogP contribution in [0.3, 0.4) is 0 Å². The molecule has 0 spiro atoms. The van der Waals surface area contributed by atoms with Gasteiger partial charge in [-0.05, 0) is 19.1 Å². The second-order valence-electron chi connectivity index (χ2n) is 3.17. The second-order valence-corrected chi connectivity index (χ2v) is 3.17. The van der Waals surface area contributed by atoms with E-state index in [1.807, 2.05) is 19.1 Å². The molecule has 0 aliphatic rings. The summed E-state index contributed by atoms with van der Waals surface area (Å²) in [6.45, 7) is 1.83. The summed E-state index contributed by atoms with van der Waals surface area (Å²) in [7, 11) is 0. The van der Waals surface area contributed by atoms with Crippen molar-refractivity contribution >= 4 is 0 Å². The molecule has 0 atom stereocenters. The van der Waals surface area contributed by atoms with Crippen molar-refractivity contribution in [2.75, 3.05) is 0 Å². The van der Waals surface area contributed by atoms with Gasteiger partial charge in [0.05, 0.1) is 5.56 Å². The lowest BCUT2D eigenvalue weighted by Crippen LogP contribution is -2.03. The average molecular weight is 209 g/mol. The van der Waals surface area contributed by atoms with Crippen molar-refractivity contribution in [2.45, 2.75) is 6.92 Å². The van der Waals surface area contributed by atoms with Crippen LogP contribution < -0.4 is 0 Å². The van der Waals surface area contributed by atoms with Crippen LogP contribution in [-0.4, -0.2) is 14.5 Å². The van der Waals surface area contributed by atoms with Gasteiger partial charge in [0.15, 0.2) is 5.82 Å². The number of hydrogen-bond acceptors (Lipinski definition) is 4. The van der Waals surface area contributed by atoms with Crippen molar-refractivity contribution < 1.29 is 0 Å². The lowest BCUT2D eigenvalue weighted by molar-refractivity contribution is 0.947. The van der Waals surface area contributed by atoms with Crippen LogP contribution in [0.15, 0.2) is 24.5 Å². The van der Waals surface area contributed by atoms with Crippen molar-refractivity contribution in [2.24, 2.45) is 0 Å². The minimum Gasteiger partial charge on any atom is -0.274 e. The Balaban J connectivity index is 2.70. The van der Waals surface area contributed by atoms with Crippen LogP contribution in [0.25, 0.3) is 5.82 Å². The molecule has 2 aromatic heterocycles. The van der Waals surface area contributed by atoms with Gasteiger partial charge in [0.2, 0.25) is 5.82 Å². The van der Waals surface area contributed by atoms with E-state index in [1.165, 1.54) is 10.8 Å². The SMILES string of the molecule is Cc1ccc(C#N)c(-n2ccnc2C#N)n1. The summed E-state index contributed by atoms with van der Waals surface area (Å²) >= 11 is 0. The summed E-state index contributed by atoms with van der Waals surface area (Å²) in [4.78, 5) is 8.11. The summed E-state index contributed by atoms with van der Waals surface area (Å²) in [6, 6.07) is 7.42. The van der Waals surface area contributed by atoms with Gasteiger partial charge in [-0.1, -0.05) is 0 Å². The van der Waals surface area contributed by atoms with Gasteiger partial charge in [0.1, 0.15) is 12.1 Å². The number of aromatic nitrogens is 3. The maximum absolute atomic E-state index is 8.97. The van der Waals surface area contributed by atoms with Crippen molar-refractivity contribution in [3.63, 3.8) is 0 Å². The molecule has 5 heteroatoms. The summed E-state index contributed by atoms with van der Waals surface area (Å²) in [5, 5.41) is 17.8. The van der Waals surface area contributed by atoms with Gasteiger partial charge >= 0.3 is 0 Å². The molecule has 2 rings (SSSR count). The Kier molecular flexibility index (Phi) is 2.37. The molecule has 0 N–H and O–H groups in total. The zero-order valence-electron chi connectivity index (χ0n) is 8.55. The Bertz CT molecular complexity index is 612. The monoisotopic (exact) mass is 209 g/mol. The molecule has 76 valence electrons. The lowest BCUT2D eigenvalue weighted by Gasteiger charge is -2.05. The summed E-state index contributed by atoms with van der Waals surface area (Å²) in [6.07, 6.45) is 3.12. The molecule has 0 fully saturated rings. The highest BCUT2D eigenvalue weighted by Gasteiger charge is 2.10. The predicted molar refractivity (Wildman–Crippen MR) is 55.5 cm³/mol. The van der Waals surface area contributed by atoms with E-state index < -0.39 is 0 Å². The van der Waals surface area contributed by atoms with Crippen molar-refractivity contribution in [1.29, 1.82) is 10.5 Å². The van der Waals surface area contributed by atoms with E-state index in [0.29, 0.717) is 11.4 Å². The molecular weight excluding hydrogens is 202 g/mol. The lowest BCUT2D eigenvalue weighted by atomic mass is 10.2. The second kappa shape index (κ2) is 3.84. The topological polar surface area (TPSA) is 78.3 Å². The maximum atomic E-state index is 8.97. The quantitative estimate of drug-likeness (QED) is 0.709. The zero-order chi connectivity index (χ0) is 11.5. The number of pyridine rings is 1. The third kappa shape index (κ3) is 1.51. The molecule has 0 aromatic carbocycles. The first-order valence-electron chi connectivity index (χ1n) is 4.58. The number of nitrogens with zero attached hydrogens (tertiary/aromatic N) is 5. The highest BCUT2D eigenvalue weighted by atomic mass is 15.1. The molecule has 0 aliphatic heterocycles. The van der Waals surface area contributed by atoms with Crippen LogP contribution in [0.4, 0.5) is 0 Å². The Morgan fingerprint density at radius 3 is 2.75 bits per heavy atom. The highest BCUT2D eigenvalue weighted by molar-refractivity contribution is 5.45. The molecule has 0 saturated carbocycles. The summed E-state index contributed by atoms with van der Waals surface area (Å²) in [5.74, 6) is 0.658. The molecule has 0 saturated heterocycles. The fraction of sp³-hybridized carbons (Fsp3) is 0.0909. The van der Waals surface area contributed by atoms with Gasteiger partial charge in [-0.15, -0.1) is 0 Å². The third-order valence-corrected chi connectivity index (χ3v) is 2.10. The zero-order valence-corrected chi connectivity index (χ0v) is 8.55. The predicted octanol–water partition coefficient (Wildman–Crippen LogP) is 1.32. The third-order valence-electron chi connectivity index (χ3n) is 2.10. The molecule has 2 aromatic rings. The largest absolute Gasteiger partial charge is 0.274 e. The smallest absolute Gasteiger partial charge is 0.218 e. The van der Waals surface area contributed by atoms with Crippen molar-refractivity contribution in [3.05, 3.63) is 41.6 Å². The average Bonchev–Trinajstić information content (AvgIpc) is 2.76. The van der Waals surface area contributed by atoms with E-state index in [0.717, 1.165) is 5.69 Å². The number of aryl methyl sites for hydroxylation is 1. The van der Waals surface area contributed by atoms with E-state index in [9.17, 15) is 0 Å². The summed E-state index contributed by atoms with van der Waals surface area (Å²) < 4.78 is 1.51. The number of rotatable bonds is 1. The maximum Gasteiger partial charge on any atom is 0.218 e. The van der Waals surface area contributed by atoms with Crippen LogP contribution >= 0.6 is 0 Å². The fourth-order valence-corrected chi connectivity index (χ4v) is 1.37. The first kappa shape index (κ1) is 9.88. The normalized spacial score (nSPS) is 9.44.